The van der Waals surface area contributed by atoms with Gasteiger partial charge in [-0.05, 0) is 38.5 Å². The molecule has 0 atom stereocenters. The molecule has 0 saturated heterocycles. The summed E-state index contributed by atoms with van der Waals surface area (Å²) in [4.78, 5) is 1.77. The summed E-state index contributed by atoms with van der Waals surface area (Å²) in [6.45, 7) is 4.16. The number of nitrogens with zero attached hydrogens (tertiary/aromatic N) is 2. The maximum Gasteiger partial charge on any atom is 0.417 e. The smallest absolute Gasteiger partial charge is 0.396 e. The average Bonchev–Trinajstić information content (AvgIpc) is 2.37. The van der Waals surface area contributed by atoms with E-state index in [1.807, 2.05) is 13.8 Å². The Morgan fingerprint density at radius 3 is 2.45 bits per heavy atom. The van der Waals surface area contributed by atoms with Crippen LogP contribution in [0.15, 0.2) is 18.2 Å². The van der Waals surface area contributed by atoms with Gasteiger partial charge in [0.25, 0.3) is 0 Å². The molecule has 0 aliphatic rings. The van der Waals surface area contributed by atoms with Crippen molar-refractivity contribution in [3.05, 3.63) is 29.3 Å². The molecule has 0 heterocycles. The number of aliphatic hydroxyl groups excluding tert-OH is 1. The molecule has 0 radical (unpaired) electrons. The van der Waals surface area contributed by atoms with Crippen LogP contribution in [-0.2, 0) is 6.18 Å². The van der Waals surface area contributed by atoms with Crippen LogP contribution < -0.4 is 4.90 Å². The molecule has 1 N–H and O–H groups in total. The van der Waals surface area contributed by atoms with Crippen molar-refractivity contribution in [2.24, 2.45) is 0 Å². The first-order valence-electron chi connectivity index (χ1n) is 6.30. The zero-order chi connectivity index (χ0) is 15.3. The van der Waals surface area contributed by atoms with E-state index in [2.05, 4.69) is 0 Å². The van der Waals surface area contributed by atoms with Crippen molar-refractivity contribution < 1.29 is 18.3 Å². The molecule has 0 unspecified atom stereocenters. The number of benzene rings is 1. The average molecular weight is 286 g/mol. The molecule has 6 heteroatoms. The molecule has 3 nitrogen and oxygen atoms in total. The number of hydrogen-bond acceptors (Lipinski definition) is 3. The highest BCUT2D eigenvalue weighted by Gasteiger charge is 2.34. The largest absolute Gasteiger partial charge is 0.417 e. The highest BCUT2D eigenvalue weighted by Crippen LogP contribution is 2.34. The minimum absolute atomic E-state index is 0.00410. The van der Waals surface area contributed by atoms with E-state index in [0.717, 1.165) is 6.07 Å². The molecular formula is C14H17F3N2O. The van der Waals surface area contributed by atoms with Crippen molar-refractivity contribution in [2.45, 2.75) is 32.5 Å². The lowest BCUT2D eigenvalue weighted by molar-refractivity contribution is -0.137. The fraction of sp³-hybridized carbons (Fsp3) is 0.500. The van der Waals surface area contributed by atoms with E-state index in [4.69, 9.17) is 10.4 Å². The number of anilines is 1. The molecular weight excluding hydrogens is 269 g/mol. The van der Waals surface area contributed by atoms with E-state index < -0.39 is 11.7 Å². The Morgan fingerprint density at radius 1 is 1.35 bits per heavy atom. The predicted molar refractivity (Wildman–Crippen MR) is 70.3 cm³/mol. The van der Waals surface area contributed by atoms with Gasteiger partial charge < -0.3 is 10.0 Å². The first-order chi connectivity index (χ1) is 9.31. The molecule has 0 aliphatic carbocycles. The summed E-state index contributed by atoms with van der Waals surface area (Å²) in [5.41, 5.74) is -0.904. The fourth-order valence-corrected chi connectivity index (χ4v) is 1.97. The molecule has 1 rings (SSSR count). The van der Waals surface area contributed by atoms with Crippen molar-refractivity contribution in [3.63, 3.8) is 0 Å². The van der Waals surface area contributed by atoms with Gasteiger partial charge in [0.2, 0.25) is 0 Å². The molecule has 0 fully saturated rings. The summed E-state index contributed by atoms with van der Waals surface area (Å²) >= 11 is 0. The third-order valence-electron chi connectivity index (χ3n) is 2.94. The van der Waals surface area contributed by atoms with Crippen LogP contribution in [-0.4, -0.2) is 24.3 Å². The van der Waals surface area contributed by atoms with Gasteiger partial charge in [-0.1, -0.05) is 0 Å². The number of halogens is 3. The highest BCUT2D eigenvalue weighted by molar-refractivity contribution is 5.55. The van der Waals surface area contributed by atoms with Gasteiger partial charge in [0.1, 0.15) is 0 Å². The van der Waals surface area contributed by atoms with E-state index in [0.29, 0.717) is 18.7 Å². The minimum atomic E-state index is -4.55. The van der Waals surface area contributed by atoms with E-state index in [9.17, 15) is 13.2 Å². The predicted octanol–water partition coefficient (Wildman–Crippen LogP) is 3.17. The maximum atomic E-state index is 12.9. The van der Waals surface area contributed by atoms with Gasteiger partial charge in [-0.15, -0.1) is 0 Å². The van der Waals surface area contributed by atoms with Crippen LogP contribution in [0.5, 0.6) is 0 Å². The molecule has 0 bridgehead atoms. The summed E-state index contributed by atoms with van der Waals surface area (Å²) < 4.78 is 38.8. The lowest BCUT2D eigenvalue weighted by Crippen LogP contribution is -2.32. The third kappa shape index (κ3) is 3.87. The first-order valence-corrected chi connectivity index (χ1v) is 6.30. The van der Waals surface area contributed by atoms with Crippen LogP contribution in [0, 0.1) is 11.3 Å². The highest BCUT2D eigenvalue weighted by atomic mass is 19.4. The van der Waals surface area contributed by atoms with Crippen molar-refractivity contribution in [1.82, 2.24) is 0 Å². The van der Waals surface area contributed by atoms with Crippen LogP contribution in [0.3, 0.4) is 0 Å². The quantitative estimate of drug-likeness (QED) is 0.904. The SMILES string of the molecule is CC(C)N(CCCO)c1ccc(C#N)c(C(F)(F)F)c1. The number of rotatable bonds is 5. The minimum Gasteiger partial charge on any atom is -0.396 e. The van der Waals surface area contributed by atoms with Gasteiger partial charge >= 0.3 is 6.18 Å². The first kappa shape index (κ1) is 16.3. The van der Waals surface area contributed by atoms with Crippen molar-refractivity contribution >= 4 is 5.69 Å². The maximum absolute atomic E-state index is 12.9. The van der Waals surface area contributed by atoms with E-state index >= 15 is 0 Å². The fourth-order valence-electron chi connectivity index (χ4n) is 1.97. The molecule has 0 spiro atoms. The number of alkyl halides is 3. The third-order valence-corrected chi connectivity index (χ3v) is 2.94. The van der Waals surface area contributed by atoms with Crippen LogP contribution in [0.2, 0.25) is 0 Å². The van der Waals surface area contributed by atoms with Gasteiger partial charge in [-0.3, -0.25) is 0 Å². The molecule has 1 aromatic carbocycles. The topological polar surface area (TPSA) is 47.3 Å². The zero-order valence-electron chi connectivity index (χ0n) is 11.4. The standard InChI is InChI=1S/C14H17F3N2O/c1-10(2)19(6-3-7-20)12-5-4-11(9-18)13(8-12)14(15,16)17/h4-5,8,10,20H,3,6-7H2,1-2H3. The van der Waals surface area contributed by atoms with E-state index in [1.54, 1.807) is 11.0 Å². The Labute approximate surface area is 116 Å². The van der Waals surface area contributed by atoms with Crippen LogP contribution in [0.4, 0.5) is 18.9 Å². The van der Waals surface area contributed by atoms with Gasteiger partial charge in [0, 0.05) is 24.9 Å². The van der Waals surface area contributed by atoms with Crippen molar-refractivity contribution in [1.29, 1.82) is 5.26 Å². The summed E-state index contributed by atoms with van der Waals surface area (Å²) in [6, 6.07) is 5.25. The lowest BCUT2D eigenvalue weighted by Gasteiger charge is -2.29. The second-order valence-corrected chi connectivity index (χ2v) is 4.70. The Balaban J connectivity index is 3.21. The molecule has 0 aliphatic heterocycles. The molecule has 20 heavy (non-hydrogen) atoms. The number of hydrogen-bond donors (Lipinski definition) is 1. The van der Waals surface area contributed by atoms with Crippen LogP contribution in [0.25, 0.3) is 0 Å². The van der Waals surface area contributed by atoms with Crippen LogP contribution in [0.1, 0.15) is 31.4 Å². The molecule has 0 aromatic heterocycles. The second-order valence-electron chi connectivity index (χ2n) is 4.70. The lowest BCUT2D eigenvalue weighted by atomic mass is 10.1. The Morgan fingerprint density at radius 2 is 2.00 bits per heavy atom. The van der Waals surface area contributed by atoms with Crippen molar-refractivity contribution in [3.8, 4) is 6.07 Å². The van der Waals surface area contributed by atoms with Gasteiger partial charge in [0.05, 0.1) is 17.2 Å². The van der Waals surface area contributed by atoms with E-state index in [-0.39, 0.29) is 18.2 Å². The van der Waals surface area contributed by atoms with Crippen LogP contribution >= 0.6 is 0 Å². The Kier molecular flexibility index (Phi) is 5.40. The Hall–Kier alpha value is -1.74. The van der Waals surface area contributed by atoms with Crippen molar-refractivity contribution in [2.75, 3.05) is 18.1 Å². The molecule has 1 aromatic rings. The molecule has 110 valence electrons. The van der Waals surface area contributed by atoms with Gasteiger partial charge in [-0.2, -0.15) is 18.4 Å². The number of nitriles is 1. The zero-order valence-corrected chi connectivity index (χ0v) is 11.4. The monoisotopic (exact) mass is 286 g/mol. The molecule has 0 amide bonds. The van der Waals surface area contributed by atoms with E-state index in [1.165, 1.54) is 12.1 Å². The molecule has 0 saturated carbocycles. The second kappa shape index (κ2) is 6.62. The normalized spacial score (nSPS) is 11.5. The summed E-state index contributed by atoms with van der Waals surface area (Å²) in [5, 5.41) is 17.6. The summed E-state index contributed by atoms with van der Waals surface area (Å²) in [6.07, 6.45) is -4.08. The van der Waals surface area contributed by atoms with Gasteiger partial charge in [0.15, 0.2) is 0 Å². The number of aliphatic hydroxyl groups is 1. The van der Waals surface area contributed by atoms with Gasteiger partial charge in [-0.25, -0.2) is 0 Å². The Bertz CT molecular complexity index is 492. The summed E-state index contributed by atoms with van der Waals surface area (Å²) in [7, 11) is 0. The summed E-state index contributed by atoms with van der Waals surface area (Å²) in [5.74, 6) is 0.